The Kier molecular flexibility index (Phi) is 3.76. The lowest BCUT2D eigenvalue weighted by Gasteiger charge is -1.97. The van der Waals surface area contributed by atoms with Crippen LogP contribution in [-0.4, -0.2) is 19.3 Å². The van der Waals surface area contributed by atoms with Crippen LogP contribution in [0.3, 0.4) is 0 Å². The van der Waals surface area contributed by atoms with Crippen molar-refractivity contribution in [3.05, 3.63) is 11.8 Å². The van der Waals surface area contributed by atoms with E-state index in [2.05, 4.69) is 10.4 Å². The third-order valence-electron chi connectivity index (χ3n) is 1.84. The number of nitrogens with zero attached hydrogens (tertiary/aromatic N) is 1. The van der Waals surface area contributed by atoms with Crippen LogP contribution in [-0.2, 0) is 0 Å². The molecule has 0 heterocycles. The van der Waals surface area contributed by atoms with Gasteiger partial charge in [0.05, 0.1) is 0 Å². The predicted molar refractivity (Wildman–Crippen MR) is 50.5 cm³/mol. The van der Waals surface area contributed by atoms with Crippen LogP contribution in [0.15, 0.2) is 16.8 Å². The summed E-state index contributed by atoms with van der Waals surface area (Å²) < 4.78 is 0. The van der Waals surface area contributed by atoms with Crippen molar-refractivity contribution in [1.29, 1.82) is 0 Å². The van der Waals surface area contributed by atoms with Gasteiger partial charge in [0.25, 0.3) is 0 Å². The lowest BCUT2D eigenvalue weighted by atomic mass is 10.3. The molecule has 4 heteroatoms. The average molecular weight is 168 g/mol. The Morgan fingerprint density at radius 2 is 2.33 bits per heavy atom. The van der Waals surface area contributed by atoms with Crippen molar-refractivity contribution in [3.63, 3.8) is 0 Å². The van der Waals surface area contributed by atoms with Gasteiger partial charge in [-0.2, -0.15) is 0 Å². The fraction of sp³-hybridized carbons (Fsp3) is 0.625. The third kappa shape index (κ3) is 3.50. The Labute approximate surface area is 72.7 Å². The summed E-state index contributed by atoms with van der Waals surface area (Å²) in [6.07, 6.45) is 5.97. The van der Waals surface area contributed by atoms with Gasteiger partial charge in [0.2, 0.25) is 0 Å². The van der Waals surface area contributed by atoms with E-state index in [0.717, 1.165) is 18.0 Å². The molecule has 0 aliphatic heterocycles. The fourth-order valence-corrected chi connectivity index (χ4v) is 0.885. The summed E-state index contributed by atoms with van der Waals surface area (Å²) in [4.78, 5) is 4.25. The molecule has 1 saturated carbocycles. The SMILES string of the molecule is NC=C(C=NCC1CC1)CNN. The molecular weight excluding hydrogens is 152 g/mol. The molecule has 0 aromatic heterocycles. The number of hydrogen-bond acceptors (Lipinski definition) is 4. The molecule has 0 aromatic rings. The van der Waals surface area contributed by atoms with E-state index in [-0.39, 0.29) is 0 Å². The molecule has 0 aromatic carbocycles. The fourth-order valence-electron chi connectivity index (χ4n) is 0.885. The standard InChI is InChI=1S/C8H16N4/c9-3-8(6-12-10)5-11-4-7-1-2-7/h3,5,7,12H,1-2,4,6,9-10H2. The van der Waals surface area contributed by atoms with E-state index in [1.54, 1.807) is 6.21 Å². The van der Waals surface area contributed by atoms with Crippen LogP contribution < -0.4 is 17.0 Å². The van der Waals surface area contributed by atoms with E-state index < -0.39 is 0 Å². The third-order valence-corrected chi connectivity index (χ3v) is 1.84. The molecule has 1 rings (SSSR count). The molecule has 5 N–H and O–H groups in total. The largest absolute Gasteiger partial charge is 0.404 e. The van der Waals surface area contributed by atoms with Gasteiger partial charge in [0.1, 0.15) is 0 Å². The highest BCUT2D eigenvalue weighted by atomic mass is 15.2. The maximum atomic E-state index is 5.34. The van der Waals surface area contributed by atoms with Gasteiger partial charge in [-0.15, -0.1) is 0 Å². The number of rotatable bonds is 5. The van der Waals surface area contributed by atoms with Gasteiger partial charge in [-0.1, -0.05) is 0 Å². The first-order valence-corrected chi connectivity index (χ1v) is 4.21. The molecule has 0 unspecified atom stereocenters. The first kappa shape index (κ1) is 9.22. The van der Waals surface area contributed by atoms with Crippen LogP contribution in [0.1, 0.15) is 12.8 Å². The average Bonchev–Trinajstić information content (AvgIpc) is 2.87. The van der Waals surface area contributed by atoms with Gasteiger partial charge in [-0.05, 0) is 25.0 Å². The van der Waals surface area contributed by atoms with Crippen LogP contribution in [0.25, 0.3) is 0 Å². The second-order valence-electron chi connectivity index (χ2n) is 3.06. The molecule has 0 amide bonds. The summed E-state index contributed by atoms with van der Waals surface area (Å²) in [5.74, 6) is 5.97. The van der Waals surface area contributed by atoms with Crippen LogP contribution >= 0.6 is 0 Å². The van der Waals surface area contributed by atoms with Gasteiger partial charge in [-0.3, -0.25) is 16.3 Å². The Bertz CT molecular complexity index is 181. The smallest absolute Gasteiger partial charge is 0.0417 e. The van der Waals surface area contributed by atoms with E-state index in [0.29, 0.717) is 6.54 Å². The molecule has 68 valence electrons. The van der Waals surface area contributed by atoms with Crippen molar-refractivity contribution in [2.45, 2.75) is 12.8 Å². The minimum Gasteiger partial charge on any atom is -0.404 e. The topological polar surface area (TPSA) is 76.4 Å². The van der Waals surface area contributed by atoms with Gasteiger partial charge < -0.3 is 5.73 Å². The summed E-state index contributed by atoms with van der Waals surface area (Å²) in [5, 5.41) is 0. The van der Waals surface area contributed by atoms with Crippen molar-refractivity contribution in [1.82, 2.24) is 5.43 Å². The van der Waals surface area contributed by atoms with Crippen molar-refractivity contribution in [2.24, 2.45) is 22.5 Å². The second kappa shape index (κ2) is 4.90. The molecule has 1 aliphatic carbocycles. The monoisotopic (exact) mass is 168 g/mol. The molecule has 0 spiro atoms. The van der Waals surface area contributed by atoms with Crippen molar-refractivity contribution in [3.8, 4) is 0 Å². The molecule has 0 bridgehead atoms. The van der Waals surface area contributed by atoms with Crippen LogP contribution in [0.5, 0.6) is 0 Å². The van der Waals surface area contributed by atoms with E-state index >= 15 is 0 Å². The molecule has 1 aliphatic rings. The van der Waals surface area contributed by atoms with E-state index in [9.17, 15) is 0 Å². The van der Waals surface area contributed by atoms with Gasteiger partial charge in [0, 0.05) is 24.9 Å². The number of nitrogens with two attached hydrogens (primary N) is 2. The highest BCUT2D eigenvalue weighted by molar-refractivity contribution is 5.78. The molecular formula is C8H16N4. The normalized spacial score (nSPS) is 18.9. The summed E-state index contributed by atoms with van der Waals surface area (Å²) >= 11 is 0. The molecule has 0 radical (unpaired) electrons. The van der Waals surface area contributed by atoms with Crippen molar-refractivity contribution in [2.75, 3.05) is 13.1 Å². The van der Waals surface area contributed by atoms with Gasteiger partial charge in [-0.25, -0.2) is 0 Å². The van der Waals surface area contributed by atoms with E-state index in [1.165, 1.54) is 19.0 Å². The van der Waals surface area contributed by atoms with Crippen molar-refractivity contribution >= 4 is 6.21 Å². The maximum Gasteiger partial charge on any atom is 0.0417 e. The van der Waals surface area contributed by atoms with Crippen LogP contribution in [0, 0.1) is 5.92 Å². The molecule has 1 fully saturated rings. The summed E-state index contributed by atoms with van der Waals surface area (Å²) in [6, 6.07) is 0. The minimum absolute atomic E-state index is 0.574. The maximum absolute atomic E-state index is 5.34. The predicted octanol–water partition coefficient (Wildman–Crippen LogP) is -0.227. The zero-order valence-corrected chi connectivity index (χ0v) is 7.16. The van der Waals surface area contributed by atoms with Gasteiger partial charge >= 0.3 is 0 Å². The Morgan fingerprint density at radius 3 is 2.83 bits per heavy atom. The Balaban J connectivity index is 2.20. The Hall–Kier alpha value is -0.870. The number of hydrogen-bond donors (Lipinski definition) is 3. The van der Waals surface area contributed by atoms with E-state index in [4.69, 9.17) is 11.6 Å². The highest BCUT2D eigenvalue weighted by Crippen LogP contribution is 2.28. The summed E-state index contributed by atoms with van der Waals surface area (Å²) in [5.41, 5.74) is 8.80. The van der Waals surface area contributed by atoms with Crippen LogP contribution in [0.2, 0.25) is 0 Å². The molecule has 0 atom stereocenters. The number of aliphatic imine (C=N–C) groups is 1. The first-order valence-electron chi connectivity index (χ1n) is 4.21. The second-order valence-corrected chi connectivity index (χ2v) is 3.06. The molecule has 12 heavy (non-hydrogen) atoms. The number of hydrazine groups is 1. The minimum atomic E-state index is 0.574. The zero-order chi connectivity index (χ0) is 8.81. The van der Waals surface area contributed by atoms with Gasteiger partial charge in [0.15, 0.2) is 0 Å². The zero-order valence-electron chi connectivity index (χ0n) is 7.16. The first-order chi connectivity index (χ1) is 5.86. The molecule has 4 nitrogen and oxygen atoms in total. The quantitative estimate of drug-likeness (QED) is 0.301. The lowest BCUT2D eigenvalue weighted by molar-refractivity contribution is 0.808. The highest BCUT2D eigenvalue weighted by Gasteiger charge is 2.19. The van der Waals surface area contributed by atoms with E-state index in [1.807, 2.05) is 0 Å². The van der Waals surface area contributed by atoms with Crippen LogP contribution in [0.4, 0.5) is 0 Å². The Morgan fingerprint density at radius 1 is 1.58 bits per heavy atom. The van der Waals surface area contributed by atoms with Crippen molar-refractivity contribution < 1.29 is 0 Å². The lowest BCUT2D eigenvalue weighted by Crippen LogP contribution is -2.25. The number of nitrogens with one attached hydrogen (secondary N) is 1. The summed E-state index contributed by atoms with van der Waals surface area (Å²) in [6.45, 7) is 1.51. The summed E-state index contributed by atoms with van der Waals surface area (Å²) in [7, 11) is 0. The molecule has 0 saturated heterocycles.